The van der Waals surface area contributed by atoms with Crippen LogP contribution in [0.3, 0.4) is 0 Å². The fourth-order valence-electron chi connectivity index (χ4n) is 2.90. The zero-order valence-corrected chi connectivity index (χ0v) is 17.1. The molecule has 3 aromatic rings. The number of hydrogen-bond acceptors (Lipinski definition) is 5. The summed E-state index contributed by atoms with van der Waals surface area (Å²) in [4.78, 5) is 32.1. The Balaban J connectivity index is 1.52. The van der Waals surface area contributed by atoms with Crippen molar-refractivity contribution in [2.45, 2.75) is 32.7 Å². The van der Waals surface area contributed by atoms with Gasteiger partial charge >= 0.3 is 0 Å². The van der Waals surface area contributed by atoms with Gasteiger partial charge in [-0.05, 0) is 50.5 Å². The smallest absolute Gasteiger partial charge is 0.264 e. The van der Waals surface area contributed by atoms with Crippen molar-refractivity contribution >= 4 is 49.7 Å². The van der Waals surface area contributed by atoms with Gasteiger partial charge in [-0.2, -0.15) is 0 Å². The van der Waals surface area contributed by atoms with E-state index in [-0.39, 0.29) is 23.8 Å². The summed E-state index contributed by atoms with van der Waals surface area (Å²) in [6.45, 7) is 3.90. The average molecular weight is 400 g/mol. The summed E-state index contributed by atoms with van der Waals surface area (Å²) in [7, 11) is 1.81. The van der Waals surface area contributed by atoms with Gasteiger partial charge in [0, 0.05) is 13.0 Å². The third-order valence-corrected chi connectivity index (χ3v) is 7.22. The van der Waals surface area contributed by atoms with Gasteiger partial charge in [-0.15, -0.1) is 22.7 Å². The first-order chi connectivity index (χ1) is 12.9. The van der Waals surface area contributed by atoms with Gasteiger partial charge < -0.3 is 10.2 Å². The maximum atomic E-state index is 13.0. The number of benzene rings is 1. The molecule has 2 heterocycles. The SMILES string of the molecule is Cc1cc(NC(=O)C2CC2)sc1C(=O)N(C)C(C)c1nc2ccccc2s1. The van der Waals surface area contributed by atoms with E-state index in [9.17, 15) is 9.59 Å². The second-order valence-electron chi connectivity index (χ2n) is 7.00. The quantitative estimate of drug-likeness (QED) is 0.667. The number of nitrogens with one attached hydrogen (secondary N) is 1. The summed E-state index contributed by atoms with van der Waals surface area (Å²) in [5.74, 6) is 0.163. The molecule has 1 aliphatic rings. The summed E-state index contributed by atoms with van der Waals surface area (Å²) in [5.41, 5.74) is 1.85. The number of thiophene rings is 1. The topological polar surface area (TPSA) is 62.3 Å². The van der Waals surface area contributed by atoms with Crippen LogP contribution in [0.15, 0.2) is 30.3 Å². The molecule has 1 N–H and O–H groups in total. The highest BCUT2D eigenvalue weighted by atomic mass is 32.1. The molecule has 4 rings (SSSR count). The molecule has 1 aliphatic carbocycles. The van der Waals surface area contributed by atoms with Gasteiger partial charge in [0.15, 0.2) is 0 Å². The Morgan fingerprint density at radius 2 is 2.00 bits per heavy atom. The van der Waals surface area contributed by atoms with Crippen molar-refractivity contribution in [3.05, 3.63) is 45.8 Å². The molecule has 27 heavy (non-hydrogen) atoms. The number of fused-ring (bicyclic) bond motifs is 1. The Bertz CT molecular complexity index is 986. The summed E-state index contributed by atoms with van der Waals surface area (Å²) < 4.78 is 1.12. The van der Waals surface area contributed by atoms with Crippen molar-refractivity contribution in [2.75, 3.05) is 12.4 Å². The normalized spacial score (nSPS) is 14.9. The highest BCUT2D eigenvalue weighted by Crippen LogP contribution is 2.34. The van der Waals surface area contributed by atoms with Crippen LogP contribution in [0.2, 0.25) is 0 Å². The van der Waals surface area contributed by atoms with E-state index in [1.54, 1.807) is 23.3 Å². The minimum absolute atomic E-state index is 0.0452. The number of amides is 2. The average Bonchev–Trinajstić information content (AvgIpc) is 3.32. The molecule has 1 unspecified atom stereocenters. The van der Waals surface area contributed by atoms with Crippen molar-refractivity contribution in [3.8, 4) is 0 Å². The van der Waals surface area contributed by atoms with Crippen LogP contribution in [0, 0.1) is 12.8 Å². The zero-order chi connectivity index (χ0) is 19.1. The van der Waals surface area contributed by atoms with Gasteiger partial charge in [0.2, 0.25) is 5.91 Å². The number of anilines is 1. The van der Waals surface area contributed by atoms with Crippen LogP contribution in [0.4, 0.5) is 5.00 Å². The molecule has 1 atom stereocenters. The van der Waals surface area contributed by atoms with Crippen LogP contribution in [0.5, 0.6) is 0 Å². The van der Waals surface area contributed by atoms with Gasteiger partial charge in [0.25, 0.3) is 5.91 Å². The third kappa shape index (κ3) is 3.61. The second kappa shape index (κ2) is 7.05. The molecule has 1 aromatic carbocycles. The van der Waals surface area contributed by atoms with Crippen LogP contribution in [-0.2, 0) is 4.79 Å². The first-order valence-corrected chi connectivity index (χ1v) is 10.6. The van der Waals surface area contributed by atoms with Crippen LogP contribution in [0.25, 0.3) is 10.2 Å². The maximum Gasteiger partial charge on any atom is 0.264 e. The molecule has 0 spiro atoms. The van der Waals surface area contributed by atoms with Crippen LogP contribution in [-0.4, -0.2) is 28.7 Å². The Hall–Kier alpha value is -2.25. The van der Waals surface area contributed by atoms with Gasteiger partial charge in [0.1, 0.15) is 5.01 Å². The summed E-state index contributed by atoms with van der Waals surface area (Å²) in [5, 5.41) is 4.60. The molecule has 1 fully saturated rings. The second-order valence-corrected chi connectivity index (χ2v) is 9.11. The molecule has 2 amide bonds. The summed E-state index contributed by atoms with van der Waals surface area (Å²) in [6, 6.07) is 9.76. The number of thiazole rings is 1. The Labute approximate surface area is 166 Å². The van der Waals surface area contributed by atoms with Crippen molar-refractivity contribution < 1.29 is 9.59 Å². The van der Waals surface area contributed by atoms with Crippen LogP contribution in [0.1, 0.15) is 46.0 Å². The number of carbonyl (C=O) groups excluding carboxylic acids is 2. The number of aryl methyl sites for hydroxylation is 1. The fraction of sp³-hybridized carbons (Fsp3) is 0.350. The summed E-state index contributed by atoms with van der Waals surface area (Å²) in [6.07, 6.45) is 1.93. The van der Waals surface area contributed by atoms with Gasteiger partial charge in [0.05, 0.1) is 26.1 Å². The van der Waals surface area contributed by atoms with Crippen LogP contribution < -0.4 is 5.32 Å². The first kappa shape index (κ1) is 18.1. The van der Waals surface area contributed by atoms with Crippen LogP contribution >= 0.6 is 22.7 Å². The van der Waals surface area contributed by atoms with Gasteiger partial charge in [-0.3, -0.25) is 9.59 Å². The standard InChI is InChI=1S/C20H21N3O2S2/c1-11-10-16(22-18(24)13-8-9-13)27-17(11)20(25)23(3)12(2)19-21-14-6-4-5-7-15(14)26-19/h4-7,10,12-13H,8-9H2,1-3H3,(H,22,24). The lowest BCUT2D eigenvalue weighted by Gasteiger charge is -2.23. The Morgan fingerprint density at radius 1 is 1.26 bits per heavy atom. The Morgan fingerprint density at radius 3 is 2.70 bits per heavy atom. The van der Waals surface area contributed by atoms with E-state index in [0.29, 0.717) is 4.88 Å². The monoisotopic (exact) mass is 399 g/mol. The summed E-state index contributed by atoms with van der Waals surface area (Å²) >= 11 is 2.96. The predicted octanol–water partition coefficient (Wildman–Crippen LogP) is 4.85. The maximum absolute atomic E-state index is 13.0. The van der Waals surface area contributed by atoms with Crippen molar-refractivity contribution in [3.63, 3.8) is 0 Å². The highest BCUT2D eigenvalue weighted by Gasteiger charge is 2.30. The molecule has 140 valence electrons. The van der Waals surface area contributed by atoms with E-state index in [1.165, 1.54) is 11.3 Å². The highest BCUT2D eigenvalue weighted by molar-refractivity contribution is 7.19. The lowest BCUT2D eigenvalue weighted by Crippen LogP contribution is -2.29. The number of aromatic nitrogens is 1. The number of hydrogen-bond donors (Lipinski definition) is 1. The minimum Gasteiger partial charge on any atom is -0.332 e. The van der Waals surface area contributed by atoms with E-state index in [0.717, 1.165) is 38.6 Å². The number of rotatable bonds is 5. The minimum atomic E-state index is -0.124. The van der Waals surface area contributed by atoms with Gasteiger partial charge in [-0.25, -0.2) is 4.98 Å². The first-order valence-electron chi connectivity index (χ1n) is 8.98. The molecular weight excluding hydrogens is 378 g/mol. The number of carbonyl (C=O) groups is 2. The largest absolute Gasteiger partial charge is 0.332 e. The van der Waals surface area contributed by atoms with Gasteiger partial charge in [-0.1, -0.05) is 12.1 Å². The van der Waals surface area contributed by atoms with E-state index in [1.807, 2.05) is 44.2 Å². The van der Waals surface area contributed by atoms with E-state index in [4.69, 9.17) is 0 Å². The molecule has 0 radical (unpaired) electrons. The molecule has 0 bridgehead atoms. The molecular formula is C20H21N3O2S2. The molecule has 7 heteroatoms. The van der Waals surface area contributed by atoms with Crippen molar-refractivity contribution in [1.82, 2.24) is 9.88 Å². The molecule has 0 aliphatic heterocycles. The number of para-hydroxylation sites is 1. The number of nitrogens with zero attached hydrogens (tertiary/aromatic N) is 2. The Kier molecular flexibility index (Phi) is 4.74. The predicted molar refractivity (Wildman–Crippen MR) is 111 cm³/mol. The molecule has 2 aromatic heterocycles. The van der Waals surface area contributed by atoms with Crippen molar-refractivity contribution in [1.29, 1.82) is 0 Å². The van der Waals surface area contributed by atoms with E-state index < -0.39 is 0 Å². The molecule has 1 saturated carbocycles. The zero-order valence-electron chi connectivity index (χ0n) is 15.5. The fourth-order valence-corrected chi connectivity index (χ4v) is 5.02. The third-order valence-electron chi connectivity index (χ3n) is 4.88. The lowest BCUT2D eigenvalue weighted by molar-refractivity contribution is -0.117. The molecule has 0 saturated heterocycles. The van der Waals surface area contributed by atoms with E-state index >= 15 is 0 Å². The van der Waals surface area contributed by atoms with E-state index in [2.05, 4.69) is 10.3 Å². The lowest BCUT2D eigenvalue weighted by atomic mass is 10.2. The van der Waals surface area contributed by atoms with Crippen molar-refractivity contribution in [2.24, 2.45) is 5.92 Å². The molecule has 5 nitrogen and oxygen atoms in total.